The molecule has 1 aliphatic heterocycles. The zero-order valence-corrected chi connectivity index (χ0v) is 13.4. The number of aliphatic carboxylic acids is 1. The van der Waals surface area contributed by atoms with Crippen LogP contribution in [0, 0.1) is 0 Å². The Labute approximate surface area is 138 Å². The second kappa shape index (κ2) is 7.12. The molecule has 0 fully saturated rings. The number of benzene rings is 1. The molecule has 1 aromatic carbocycles. The first kappa shape index (κ1) is 17.5. The van der Waals surface area contributed by atoms with E-state index < -0.39 is 17.9 Å². The number of carbonyl (C=O) groups excluding carboxylic acids is 3. The number of nitrogens with zero attached hydrogens (tertiary/aromatic N) is 1. The fourth-order valence-electron chi connectivity index (χ4n) is 2.30. The molecule has 0 saturated carbocycles. The molecule has 2 rings (SSSR count). The van der Waals surface area contributed by atoms with E-state index in [1.807, 2.05) is 0 Å². The second-order valence-electron chi connectivity index (χ2n) is 5.46. The van der Waals surface area contributed by atoms with Gasteiger partial charge in [-0.3, -0.25) is 24.1 Å². The Morgan fingerprint density at radius 3 is 2.67 bits per heavy atom. The normalized spacial score (nSPS) is 14.4. The Hall–Kier alpha value is -2.90. The van der Waals surface area contributed by atoms with Crippen molar-refractivity contribution in [3.8, 4) is 5.75 Å². The van der Waals surface area contributed by atoms with Crippen molar-refractivity contribution in [2.75, 3.05) is 16.8 Å². The van der Waals surface area contributed by atoms with Crippen molar-refractivity contribution in [2.24, 2.45) is 0 Å². The molecule has 1 atom stereocenters. The first-order valence-corrected chi connectivity index (χ1v) is 7.40. The quantitative estimate of drug-likeness (QED) is 0.808. The number of ether oxygens (including phenoxy) is 1. The van der Waals surface area contributed by atoms with Gasteiger partial charge in [-0.2, -0.15) is 0 Å². The van der Waals surface area contributed by atoms with Crippen LogP contribution in [0.5, 0.6) is 5.75 Å². The van der Waals surface area contributed by atoms with Gasteiger partial charge in [0.25, 0.3) is 5.91 Å². The van der Waals surface area contributed by atoms with Gasteiger partial charge in [0.15, 0.2) is 12.4 Å². The number of ketones is 1. The number of carboxylic acid groups (broad SMARTS) is 1. The van der Waals surface area contributed by atoms with E-state index >= 15 is 0 Å². The molecule has 0 bridgehead atoms. The van der Waals surface area contributed by atoms with Gasteiger partial charge < -0.3 is 15.2 Å². The van der Waals surface area contributed by atoms with E-state index in [0.717, 1.165) is 0 Å². The molecule has 1 aromatic rings. The van der Waals surface area contributed by atoms with Crippen LogP contribution in [0.4, 0.5) is 11.4 Å². The summed E-state index contributed by atoms with van der Waals surface area (Å²) in [6.07, 6.45) is -0.429. The number of fused-ring (bicyclic) bond motifs is 1. The third kappa shape index (κ3) is 3.89. The molecule has 0 aliphatic carbocycles. The minimum atomic E-state index is -1.06. The standard InChI is InChI=1S/C16H18N2O6/c1-9(10(2)19)18-12-7-11(17-14(20)5-6-16(22)23)3-4-13(12)24-8-15(18)21/h3-4,7,9H,5-6,8H2,1-2H3,(H,17,20)(H,22,23). The summed E-state index contributed by atoms with van der Waals surface area (Å²) in [5.41, 5.74) is 0.785. The minimum Gasteiger partial charge on any atom is -0.482 e. The molecule has 128 valence electrons. The van der Waals surface area contributed by atoms with Crippen molar-refractivity contribution >= 4 is 34.9 Å². The van der Waals surface area contributed by atoms with Gasteiger partial charge in [0, 0.05) is 12.1 Å². The van der Waals surface area contributed by atoms with Gasteiger partial charge in [-0.05, 0) is 32.0 Å². The molecule has 8 nitrogen and oxygen atoms in total. The van der Waals surface area contributed by atoms with Crippen molar-refractivity contribution in [3.05, 3.63) is 18.2 Å². The first-order chi connectivity index (χ1) is 11.3. The Morgan fingerprint density at radius 1 is 1.33 bits per heavy atom. The molecular weight excluding hydrogens is 316 g/mol. The van der Waals surface area contributed by atoms with Crippen LogP contribution in [0.3, 0.4) is 0 Å². The SMILES string of the molecule is CC(=O)C(C)N1C(=O)COc2ccc(NC(=O)CCC(=O)O)cc21. The fourth-order valence-corrected chi connectivity index (χ4v) is 2.30. The zero-order chi connectivity index (χ0) is 17.9. The van der Waals surface area contributed by atoms with Crippen molar-refractivity contribution in [1.29, 1.82) is 0 Å². The second-order valence-corrected chi connectivity index (χ2v) is 5.46. The van der Waals surface area contributed by atoms with Crippen LogP contribution in [0.15, 0.2) is 18.2 Å². The van der Waals surface area contributed by atoms with Gasteiger partial charge in [-0.1, -0.05) is 0 Å². The number of hydrogen-bond acceptors (Lipinski definition) is 5. The van der Waals surface area contributed by atoms with Crippen LogP contribution in [0.1, 0.15) is 26.7 Å². The van der Waals surface area contributed by atoms with E-state index in [9.17, 15) is 19.2 Å². The third-order valence-electron chi connectivity index (χ3n) is 3.66. The maximum atomic E-state index is 12.1. The molecule has 2 N–H and O–H groups in total. The predicted molar refractivity (Wildman–Crippen MR) is 85.1 cm³/mol. The average molecular weight is 334 g/mol. The molecule has 0 spiro atoms. The van der Waals surface area contributed by atoms with Gasteiger partial charge in [0.05, 0.1) is 18.2 Å². The maximum absolute atomic E-state index is 12.1. The number of Topliss-reactive ketones (excluding diaryl/α,β-unsaturated/α-hetero) is 1. The summed E-state index contributed by atoms with van der Waals surface area (Å²) < 4.78 is 5.34. The summed E-state index contributed by atoms with van der Waals surface area (Å²) in [5.74, 6) is -1.60. The number of anilines is 2. The number of nitrogens with one attached hydrogen (secondary N) is 1. The van der Waals surface area contributed by atoms with E-state index in [-0.39, 0.29) is 31.1 Å². The number of rotatable bonds is 6. The van der Waals surface area contributed by atoms with Crippen molar-refractivity contribution < 1.29 is 29.0 Å². The Balaban J connectivity index is 2.24. The Bertz CT molecular complexity index is 700. The van der Waals surface area contributed by atoms with E-state index in [0.29, 0.717) is 17.1 Å². The summed E-state index contributed by atoms with van der Waals surface area (Å²) >= 11 is 0. The van der Waals surface area contributed by atoms with Crippen molar-refractivity contribution in [1.82, 2.24) is 0 Å². The Morgan fingerprint density at radius 2 is 2.04 bits per heavy atom. The lowest BCUT2D eigenvalue weighted by Gasteiger charge is -2.33. The predicted octanol–water partition coefficient (Wildman–Crippen LogP) is 1.19. The van der Waals surface area contributed by atoms with Crippen molar-refractivity contribution in [2.45, 2.75) is 32.7 Å². The molecular formula is C16H18N2O6. The van der Waals surface area contributed by atoms with E-state index in [1.54, 1.807) is 19.1 Å². The highest BCUT2D eigenvalue weighted by molar-refractivity contribution is 6.04. The highest BCUT2D eigenvalue weighted by Crippen LogP contribution is 2.36. The van der Waals surface area contributed by atoms with Crippen LogP contribution in [-0.4, -0.2) is 41.3 Å². The van der Waals surface area contributed by atoms with Crippen LogP contribution >= 0.6 is 0 Å². The third-order valence-corrected chi connectivity index (χ3v) is 3.66. The van der Waals surface area contributed by atoms with Gasteiger partial charge in [-0.25, -0.2) is 0 Å². The highest BCUT2D eigenvalue weighted by Gasteiger charge is 2.31. The van der Waals surface area contributed by atoms with Gasteiger partial charge >= 0.3 is 5.97 Å². The molecule has 1 heterocycles. The first-order valence-electron chi connectivity index (χ1n) is 7.40. The van der Waals surface area contributed by atoms with E-state index in [4.69, 9.17) is 9.84 Å². The molecule has 1 aliphatic rings. The minimum absolute atomic E-state index is 0.157. The molecule has 0 saturated heterocycles. The molecule has 1 unspecified atom stereocenters. The molecule has 0 radical (unpaired) electrons. The van der Waals surface area contributed by atoms with E-state index in [1.165, 1.54) is 17.9 Å². The zero-order valence-electron chi connectivity index (χ0n) is 13.4. The topological polar surface area (TPSA) is 113 Å². The summed E-state index contributed by atoms with van der Waals surface area (Å²) in [6.45, 7) is 2.85. The molecule has 2 amide bonds. The van der Waals surface area contributed by atoms with Crippen molar-refractivity contribution in [3.63, 3.8) is 0 Å². The number of carboxylic acids is 1. The van der Waals surface area contributed by atoms with Gasteiger partial charge in [0.2, 0.25) is 5.91 Å². The fraction of sp³-hybridized carbons (Fsp3) is 0.375. The van der Waals surface area contributed by atoms with Crippen LogP contribution in [0.25, 0.3) is 0 Å². The average Bonchev–Trinajstić information content (AvgIpc) is 2.52. The number of hydrogen-bond donors (Lipinski definition) is 2. The van der Waals surface area contributed by atoms with Crippen LogP contribution < -0.4 is 15.0 Å². The smallest absolute Gasteiger partial charge is 0.303 e. The lowest BCUT2D eigenvalue weighted by molar-refractivity contribution is -0.138. The monoisotopic (exact) mass is 334 g/mol. The Kier molecular flexibility index (Phi) is 5.18. The lowest BCUT2D eigenvalue weighted by atomic mass is 10.1. The van der Waals surface area contributed by atoms with Crippen LogP contribution in [0.2, 0.25) is 0 Å². The number of carbonyl (C=O) groups is 4. The molecule has 24 heavy (non-hydrogen) atoms. The summed E-state index contributed by atoms with van der Waals surface area (Å²) in [4.78, 5) is 47.3. The van der Waals surface area contributed by atoms with Gasteiger partial charge in [0.1, 0.15) is 5.75 Å². The molecule has 0 aromatic heterocycles. The summed E-state index contributed by atoms with van der Waals surface area (Å²) in [6, 6.07) is 4.06. The van der Waals surface area contributed by atoms with Crippen LogP contribution in [-0.2, 0) is 19.2 Å². The highest BCUT2D eigenvalue weighted by atomic mass is 16.5. The summed E-state index contributed by atoms with van der Waals surface area (Å²) in [7, 11) is 0. The van der Waals surface area contributed by atoms with E-state index in [2.05, 4.69) is 5.32 Å². The summed E-state index contributed by atoms with van der Waals surface area (Å²) in [5, 5.41) is 11.2. The lowest BCUT2D eigenvalue weighted by Crippen LogP contribution is -2.47. The largest absolute Gasteiger partial charge is 0.482 e. The van der Waals surface area contributed by atoms with Gasteiger partial charge in [-0.15, -0.1) is 0 Å². The number of amides is 2. The maximum Gasteiger partial charge on any atom is 0.303 e. The molecule has 8 heteroatoms.